The minimum atomic E-state index is -0.940. The molecule has 0 spiro atoms. The van der Waals surface area contributed by atoms with Gasteiger partial charge in [0, 0.05) is 24.1 Å². The van der Waals surface area contributed by atoms with Crippen LogP contribution in [0.3, 0.4) is 0 Å². The van der Waals surface area contributed by atoms with E-state index in [1.54, 1.807) is 6.33 Å². The number of rotatable bonds is 6. The molecule has 0 radical (unpaired) electrons. The molecular weight excluding hydrogens is 318 g/mol. The van der Waals surface area contributed by atoms with Crippen LogP contribution >= 0.6 is 0 Å². The van der Waals surface area contributed by atoms with Gasteiger partial charge in [0.05, 0.1) is 12.6 Å². The number of carbonyl (C=O) groups is 1. The van der Waals surface area contributed by atoms with Crippen molar-refractivity contribution < 1.29 is 9.53 Å². The summed E-state index contributed by atoms with van der Waals surface area (Å²) in [5, 5.41) is 11.0. The molecule has 2 unspecified atom stereocenters. The molecule has 1 aliphatic carbocycles. The molecule has 7 heteroatoms. The van der Waals surface area contributed by atoms with Crippen LogP contribution in [0.25, 0.3) is 5.69 Å². The van der Waals surface area contributed by atoms with Gasteiger partial charge in [-0.2, -0.15) is 0 Å². The first-order valence-corrected chi connectivity index (χ1v) is 8.53. The van der Waals surface area contributed by atoms with Gasteiger partial charge in [-0.05, 0) is 19.1 Å². The van der Waals surface area contributed by atoms with E-state index in [0.717, 1.165) is 5.69 Å². The highest BCUT2D eigenvalue weighted by molar-refractivity contribution is 5.88. The Balaban J connectivity index is 1.67. The maximum Gasteiger partial charge on any atom is 0.241 e. The van der Waals surface area contributed by atoms with Crippen molar-refractivity contribution in [3.05, 3.63) is 42.5 Å². The van der Waals surface area contributed by atoms with Crippen LogP contribution in [0.15, 0.2) is 36.7 Å². The van der Waals surface area contributed by atoms with E-state index in [2.05, 4.69) is 15.5 Å². The molecule has 0 saturated heterocycles. The van der Waals surface area contributed by atoms with Gasteiger partial charge in [-0.1, -0.05) is 32.0 Å². The Morgan fingerprint density at radius 2 is 2.12 bits per heavy atom. The van der Waals surface area contributed by atoms with Gasteiger partial charge in [-0.15, -0.1) is 10.2 Å². The van der Waals surface area contributed by atoms with Crippen molar-refractivity contribution in [2.75, 3.05) is 6.61 Å². The maximum absolute atomic E-state index is 12.7. The molecule has 3 rings (SSSR count). The number of nitrogens with zero attached hydrogens (tertiary/aromatic N) is 3. The quantitative estimate of drug-likeness (QED) is 0.827. The average molecular weight is 343 g/mol. The smallest absolute Gasteiger partial charge is 0.241 e. The second-order valence-electron chi connectivity index (χ2n) is 6.98. The number of aromatic nitrogens is 3. The van der Waals surface area contributed by atoms with Crippen LogP contribution in [0, 0.1) is 5.41 Å². The third-order valence-electron chi connectivity index (χ3n) is 5.29. The molecule has 25 heavy (non-hydrogen) atoms. The molecule has 7 nitrogen and oxygen atoms in total. The fourth-order valence-electron chi connectivity index (χ4n) is 3.32. The van der Waals surface area contributed by atoms with E-state index in [1.807, 2.05) is 55.7 Å². The topological polar surface area (TPSA) is 95.1 Å². The van der Waals surface area contributed by atoms with Crippen molar-refractivity contribution in [2.24, 2.45) is 11.1 Å². The Labute approximate surface area is 147 Å². The summed E-state index contributed by atoms with van der Waals surface area (Å²) < 4.78 is 7.53. The zero-order valence-corrected chi connectivity index (χ0v) is 14.9. The molecular formula is C18H25N5O2. The molecule has 2 aromatic rings. The zero-order chi connectivity index (χ0) is 18.1. The first-order valence-electron chi connectivity index (χ1n) is 8.53. The Morgan fingerprint density at radius 3 is 2.76 bits per heavy atom. The number of benzene rings is 1. The lowest BCUT2D eigenvalue weighted by atomic mass is 9.54. The number of hydrogen-bond donors (Lipinski definition) is 2. The zero-order valence-electron chi connectivity index (χ0n) is 14.9. The highest BCUT2D eigenvalue weighted by Crippen LogP contribution is 2.49. The van der Waals surface area contributed by atoms with Crippen molar-refractivity contribution in [3.8, 4) is 5.69 Å². The molecule has 1 aromatic carbocycles. The van der Waals surface area contributed by atoms with Crippen LogP contribution in [0.1, 0.15) is 33.0 Å². The van der Waals surface area contributed by atoms with Gasteiger partial charge >= 0.3 is 0 Å². The number of nitrogens with one attached hydrogen (secondary N) is 1. The van der Waals surface area contributed by atoms with Gasteiger partial charge in [0.2, 0.25) is 5.91 Å². The van der Waals surface area contributed by atoms with E-state index in [4.69, 9.17) is 10.5 Å². The summed E-state index contributed by atoms with van der Waals surface area (Å²) >= 11 is 0. The van der Waals surface area contributed by atoms with Gasteiger partial charge < -0.3 is 15.8 Å². The molecule has 1 amide bonds. The molecule has 1 fully saturated rings. The molecule has 1 aromatic heterocycles. The first kappa shape index (κ1) is 17.6. The SMILES string of the molecule is CCOC1CC(N)(C(=O)NCc2nncn2-c2ccccc2)C1(C)C. The summed E-state index contributed by atoms with van der Waals surface area (Å²) in [7, 11) is 0. The highest BCUT2D eigenvalue weighted by Gasteiger charge is 2.62. The van der Waals surface area contributed by atoms with E-state index in [1.165, 1.54) is 0 Å². The lowest BCUT2D eigenvalue weighted by Gasteiger charge is -2.57. The van der Waals surface area contributed by atoms with E-state index < -0.39 is 11.0 Å². The number of amides is 1. The Bertz CT molecular complexity index is 743. The number of hydrogen-bond acceptors (Lipinski definition) is 5. The average Bonchev–Trinajstić information content (AvgIpc) is 3.08. The summed E-state index contributed by atoms with van der Waals surface area (Å²) in [6.45, 7) is 6.78. The third-order valence-corrected chi connectivity index (χ3v) is 5.29. The van der Waals surface area contributed by atoms with Crippen LogP contribution < -0.4 is 11.1 Å². The predicted molar refractivity (Wildman–Crippen MR) is 93.9 cm³/mol. The summed E-state index contributed by atoms with van der Waals surface area (Å²) in [5.41, 5.74) is 5.99. The normalized spacial score (nSPS) is 24.6. The van der Waals surface area contributed by atoms with Gasteiger partial charge in [0.1, 0.15) is 11.9 Å². The fourth-order valence-corrected chi connectivity index (χ4v) is 3.32. The number of para-hydroxylation sites is 1. The van der Waals surface area contributed by atoms with Crippen molar-refractivity contribution in [3.63, 3.8) is 0 Å². The second-order valence-corrected chi connectivity index (χ2v) is 6.98. The molecule has 3 N–H and O–H groups in total. The highest BCUT2D eigenvalue weighted by atomic mass is 16.5. The van der Waals surface area contributed by atoms with Crippen LogP contribution in [0.4, 0.5) is 0 Å². The lowest BCUT2D eigenvalue weighted by molar-refractivity contribution is -0.170. The van der Waals surface area contributed by atoms with Gasteiger partial charge in [0.15, 0.2) is 5.82 Å². The van der Waals surface area contributed by atoms with Crippen LogP contribution in [0.5, 0.6) is 0 Å². The molecule has 1 heterocycles. The Morgan fingerprint density at radius 1 is 1.40 bits per heavy atom. The lowest BCUT2D eigenvalue weighted by Crippen LogP contribution is -2.75. The molecule has 0 aliphatic heterocycles. The summed E-state index contributed by atoms with van der Waals surface area (Å²) in [6.07, 6.45) is 2.15. The second kappa shape index (κ2) is 6.57. The van der Waals surface area contributed by atoms with Gasteiger partial charge in [-0.3, -0.25) is 9.36 Å². The van der Waals surface area contributed by atoms with Gasteiger partial charge in [-0.25, -0.2) is 0 Å². The summed E-state index contributed by atoms with van der Waals surface area (Å²) in [6, 6.07) is 9.75. The third kappa shape index (κ3) is 2.94. The standard InChI is InChI=1S/C18H25N5O2/c1-4-25-14-10-18(19,17(14,2)3)16(24)20-11-15-22-21-12-23(15)13-8-6-5-7-9-13/h5-9,12,14H,4,10-11,19H2,1-3H3,(H,20,24). The molecule has 1 aliphatic rings. The molecule has 2 atom stereocenters. The number of nitrogens with two attached hydrogens (primary N) is 1. The predicted octanol–water partition coefficient (Wildman–Crippen LogP) is 1.42. The number of ether oxygens (including phenoxy) is 1. The van der Waals surface area contributed by atoms with Crippen molar-refractivity contribution in [1.29, 1.82) is 0 Å². The van der Waals surface area contributed by atoms with E-state index in [0.29, 0.717) is 18.9 Å². The van der Waals surface area contributed by atoms with Gasteiger partial charge in [0.25, 0.3) is 0 Å². The fraction of sp³-hybridized carbons (Fsp3) is 0.500. The van der Waals surface area contributed by atoms with Crippen molar-refractivity contribution >= 4 is 5.91 Å². The molecule has 134 valence electrons. The van der Waals surface area contributed by atoms with Crippen LogP contribution in [0.2, 0.25) is 0 Å². The molecule has 1 saturated carbocycles. The molecule has 0 bridgehead atoms. The van der Waals surface area contributed by atoms with Crippen LogP contribution in [-0.2, 0) is 16.1 Å². The van der Waals surface area contributed by atoms with E-state index in [9.17, 15) is 4.79 Å². The minimum absolute atomic E-state index is 0.00113. The van der Waals surface area contributed by atoms with Crippen molar-refractivity contribution in [2.45, 2.75) is 45.4 Å². The minimum Gasteiger partial charge on any atom is -0.378 e. The largest absolute Gasteiger partial charge is 0.378 e. The maximum atomic E-state index is 12.7. The monoisotopic (exact) mass is 343 g/mol. The Kier molecular flexibility index (Phi) is 4.62. The summed E-state index contributed by atoms with van der Waals surface area (Å²) in [5.74, 6) is 0.470. The Hall–Kier alpha value is -2.25. The van der Waals surface area contributed by atoms with E-state index >= 15 is 0 Å². The van der Waals surface area contributed by atoms with Crippen LogP contribution in [-0.4, -0.2) is 38.9 Å². The first-order chi connectivity index (χ1) is 11.9. The van der Waals surface area contributed by atoms with Crippen molar-refractivity contribution in [1.82, 2.24) is 20.1 Å². The number of carbonyl (C=O) groups excluding carboxylic acids is 1. The van der Waals surface area contributed by atoms with E-state index in [-0.39, 0.29) is 18.6 Å². The summed E-state index contributed by atoms with van der Waals surface area (Å²) in [4.78, 5) is 12.7.